The first-order valence-electron chi connectivity index (χ1n) is 19.0. The van der Waals surface area contributed by atoms with Crippen molar-refractivity contribution in [2.24, 2.45) is 11.8 Å². The van der Waals surface area contributed by atoms with Gasteiger partial charge >= 0.3 is 18.2 Å². The van der Waals surface area contributed by atoms with Gasteiger partial charge in [-0.15, -0.1) is 0 Å². The zero-order valence-corrected chi connectivity index (χ0v) is 33.5. The third-order valence-corrected chi connectivity index (χ3v) is 9.19. The molecule has 56 heavy (non-hydrogen) atoms. The van der Waals surface area contributed by atoms with Gasteiger partial charge in [0, 0.05) is 55.0 Å². The molecule has 3 aromatic carbocycles. The average Bonchev–Trinajstić information content (AvgIpc) is 3.16. The van der Waals surface area contributed by atoms with Crippen molar-refractivity contribution in [3.8, 4) is 0 Å². The Bertz CT molecular complexity index is 1790. The minimum absolute atomic E-state index is 0.0163. The van der Waals surface area contributed by atoms with E-state index in [1.54, 1.807) is 26.8 Å². The molecule has 2 heterocycles. The molecule has 0 bridgehead atoms. The van der Waals surface area contributed by atoms with E-state index in [0.29, 0.717) is 57.5 Å². The highest BCUT2D eigenvalue weighted by atomic mass is 19.1. The first-order chi connectivity index (χ1) is 26.4. The van der Waals surface area contributed by atoms with E-state index in [1.165, 1.54) is 19.2 Å². The van der Waals surface area contributed by atoms with Gasteiger partial charge in [-0.2, -0.15) is 0 Å². The van der Waals surface area contributed by atoms with E-state index in [-0.39, 0.29) is 53.5 Å². The number of likely N-dealkylation sites (tertiary alicyclic amines) is 2. The minimum Gasteiger partial charge on any atom is -0.465 e. The summed E-state index contributed by atoms with van der Waals surface area (Å²) in [5.41, 5.74) is 0.785. The number of nitrogens with zero attached hydrogens (tertiary/aromatic N) is 3. The van der Waals surface area contributed by atoms with Crippen LogP contribution in [0.5, 0.6) is 0 Å². The maximum atomic E-state index is 14.8. The number of hydrogen-bond donors (Lipinski definition) is 1. The summed E-state index contributed by atoms with van der Waals surface area (Å²) in [6.45, 7) is 13.0. The molecule has 302 valence electrons. The molecule has 2 aliphatic heterocycles. The minimum atomic E-state index is -0.627. The van der Waals surface area contributed by atoms with Crippen LogP contribution in [0.3, 0.4) is 0 Å². The number of esters is 1. The molecule has 3 aromatic rings. The third kappa shape index (κ3) is 13.1. The van der Waals surface area contributed by atoms with Crippen LogP contribution in [0, 0.1) is 17.7 Å². The molecule has 2 aliphatic rings. The summed E-state index contributed by atoms with van der Waals surface area (Å²) >= 11 is 0. The Hall–Kier alpha value is -5.46. The molecule has 2 saturated heterocycles. The van der Waals surface area contributed by atoms with Gasteiger partial charge in [0.1, 0.15) is 17.0 Å². The highest BCUT2D eigenvalue weighted by Gasteiger charge is 2.33. The lowest BCUT2D eigenvalue weighted by molar-refractivity contribution is -0.124. The number of halogens is 1. The summed E-state index contributed by atoms with van der Waals surface area (Å²) in [6, 6.07) is 22.6. The molecule has 5 rings (SSSR count). The van der Waals surface area contributed by atoms with Crippen LogP contribution in [0.25, 0.3) is 0 Å². The second-order valence-corrected chi connectivity index (χ2v) is 15.9. The molecular formula is C43H55FN4O8. The monoisotopic (exact) mass is 774 g/mol. The van der Waals surface area contributed by atoms with Crippen LogP contribution in [0.1, 0.15) is 83.1 Å². The Morgan fingerprint density at radius 3 is 1.66 bits per heavy atom. The Balaban J connectivity index is 0.000000273. The van der Waals surface area contributed by atoms with Gasteiger partial charge in [0.2, 0.25) is 11.8 Å². The molecule has 0 saturated carbocycles. The van der Waals surface area contributed by atoms with Crippen molar-refractivity contribution in [3.63, 3.8) is 0 Å². The van der Waals surface area contributed by atoms with Crippen molar-refractivity contribution < 1.29 is 42.6 Å². The highest BCUT2D eigenvalue weighted by molar-refractivity contribution is 5.95. The van der Waals surface area contributed by atoms with Crippen LogP contribution in [-0.2, 0) is 30.3 Å². The van der Waals surface area contributed by atoms with E-state index in [1.807, 2.05) is 90.1 Å². The number of anilines is 2. The van der Waals surface area contributed by atoms with Gasteiger partial charge in [0.15, 0.2) is 0 Å². The zero-order chi connectivity index (χ0) is 41.0. The number of piperidine rings is 2. The maximum absolute atomic E-state index is 14.8. The molecule has 13 heteroatoms. The predicted molar refractivity (Wildman–Crippen MR) is 212 cm³/mol. The fraction of sp³-hybridized carbons (Fsp3) is 0.465. The van der Waals surface area contributed by atoms with Crippen LogP contribution >= 0.6 is 0 Å². The van der Waals surface area contributed by atoms with Crippen LogP contribution in [0.2, 0.25) is 0 Å². The van der Waals surface area contributed by atoms with Crippen molar-refractivity contribution in [2.45, 2.75) is 85.0 Å². The van der Waals surface area contributed by atoms with Gasteiger partial charge in [0.05, 0.1) is 19.2 Å². The Kier molecular flexibility index (Phi) is 15.0. The molecule has 0 radical (unpaired) electrons. The van der Waals surface area contributed by atoms with Crippen molar-refractivity contribution in [1.29, 1.82) is 0 Å². The average molecular weight is 775 g/mol. The van der Waals surface area contributed by atoms with E-state index >= 15 is 0 Å². The molecule has 1 N–H and O–H groups in total. The maximum Gasteiger partial charge on any atom is 0.410 e. The van der Waals surface area contributed by atoms with Crippen LogP contribution < -0.4 is 10.2 Å². The largest absolute Gasteiger partial charge is 0.465 e. The summed E-state index contributed by atoms with van der Waals surface area (Å²) < 4.78 is 30.2. The van der Waals surface area contributed by atoms with Crippen LogP contribution in [0.15, 0.2) is 78.9 Å². The smallest absolute Gasteiger partial charge is 0.410 e. The number of benzene rings is 3. The fourth-order valence-corrected chi connectivity index (χ4v) is 6.27. The first-order valence-corrected chi connectivity index (χ1v) is 19.0. The number of carbonyl (C=O) groups excluding carboxylic acids is 5. The second-order valence-electron chi connectivity index (χ2n) is 15.9. The number of nitrogens with one attached hydrogen (secondary N) is 1. The summed E-state index contributed by atoms with van der Waals surface area (Å²) in [7, 11) is 1.23. The number of methoxy groups -OCH3 is 1. The van der Waals surface area contributed by atoms with E-state index in [0.717, 1.165) is 11.8 Å². The number of hydrogen-bond acceptors (Lipinski definition) is 8. The quantitative estimate of drug-likeness (QED) is 0.188. The lowest BCUT2D eigenvalue weighted by atomic mass is 9.95. The van der Waals surface area contributed by atoms with Crippen molar-refractivity contribution >= 4 is 41.3 Å². The summed E-state index contributed by atoms with van der Waals surface area (Å²) in [6.07, 6.45) is 1.63. The molecular weight excluding hydrogens is 719 g/mol. The standard InChI is InChI=1S/C26H31FN2O5.C17H24N2O3/c1-26(2,3)34-25(32)28-14-12-18(13-15-28)23(30)29(21-8-6-5-7-9-21)17-20-11-10-19(16-22(20)27)24(31)33-4;1-17(2,3)22-16(21)19-11-9-13(10-12-19)15(20)18-14-7-5-4-6-8-14/h5-11,16,18H,12-15,17H2,1-4H3;4-8,13H,9-12H2,1-3H3,(H,18,20). The number of amides is 4. The van der Waals surface area contributed by atoms with Crippen LogP contribution in [0.4, 0.5) is 25.4 Å². The molecule has 0 spiro atoms. The predicted octanol–water partition coefficient (Wildman–Crippen LogP) is 8.06. The van der Waals surface area contributed by atoms with Gasteiger partial charge in [0.25, 0.3) is 0 Å². The van der Waals surface area contributed by atoms with Gasteiger partial charge in [-0.3, -0.25) is 9.59 Å². The van der Waals surface area contributed by atoms with E-state index in [4.69, 9.17) is 9.47 Å². The third-order valence-electron chi connectivity index (χ3n) is 9.19. The lowest BCUT2D eigenvalue weighted by Crippen LogP contribution is -2.45. The molecule has 4 amide bonds. The van der Waals surface area contributed by atoms with Gasteiger partial charge < -0.3 is 34.2 Å². The normalized spacial score (nSPS) is 15.1. The van der Waals surface area contributed by atoms with E-state index in [9.17, 15) is 28.4 Å². The second kappa shape index (κ2) is 19.4. The number of ether oxygens (including phenoxy) is 3. The van der Waals surface area contributed by atoms with Crippen molar-refractivity contribution in [3.05, 3.63) is 95.8 Å². The van der Waals surface area contributed by atoms with Gasteiger partial charge in [-0.05, 0) is 104 Å². The lowest BCUT2D eigenvalue weighted by Gasteiger charge is -2.35. The molecule has 0 unspecified atom stereocenters. The van der Waals surface area contributed by atoms with Crippen molar-refractivity contribution in [1.82, 2.24) is 9.80 Å². The summed E-state index contributed by atoms with van der Waals surface area (Å²) in [5, 5.41) is 2.92. The Morgan fingerprint density at radius 1 is 0.714 bits per heavy atom. The number of rotatable bonds is 7. The van der Waals surface area contributed by atoms with Gasteiger partial charge in [-0.25, -0.2) is 18.8 Å². The molecule has 0 atom stereocenters. The summed E-state index contributed by atoms with van der Waals surface area (Å²) in [4.78, 5) is 66.7. The zero-order valence-electron chi connectivity index (χ0n) is 33.5. The Morgan fingerprint density at radius 2 is 1.20 bits per heavy atom. The SMILES string of the molecule is CC(C)(C)OC(=O)N1CCC(C(=O)Nc2ccccc2)CC1.COC(=O)c1ccc(CN(C(=O)C2CCN(C(=O)OC(C)(C)C)CC2)c2ccccc2)c(F)c1. The molecule has 2 fully saturated rings. The summed E-state index contributed by atoms with van der Waals surface area (Å²) in [5.74, 6) is -1.69. The number of para-hydroxylation sites is 2. The number of carbonyl (C=O) groups is 5. The first kappa shape index (κ1) is 43.3. The van der Waals surface area contributed by atoms with E-state index < -0.39 is 23.0 Å². The van der Waals surface area contributed by atoms with Gasteiger partial charge in [-0.1, -0.05) is 42.5 Å². The van der Waals surface area contributed by atoms with Crippen LogP contribution in [-0.4, -0.2) is 84.3 Å². The fourth-order valence-electron chi connectivity index (χ4n) is 6.27. The highest BCUT2D eigenvalue weighted by Crippen LogP contribution is 2.27. The molecule has 0 aromatic heterocycles. The molecule has 12 nitrogen and oxygen atoms in total. The van der Waals surface area contributed by atoms with E-state index in [2.05, 4.69) is 10.1 Å². The molecule has 0 aliphatic carbocycles. The van der Waals surface area contributed by atoms with Crippen molar-refractivity contribution in [2.75, 3.05) is 43.5 Å². The topological polar surface area (TPSA) is 135 Å². The Labute approximate surface area is 329 Å².